The number of pyridine rings is 1. The lowest BCUT2D eigenvalue weighted by Gasteiger charge is -2.21. The van der Waals surface area contributed by atoms with E-state index in [1.165, 1.54) is 0 Å². The van der Waals surface area contributed by atoms with Crippen molar-refractivity contribution in [2.75, 3.05) is 11.4 Å². The lowest BCUT2D eigenvalue weighted by Crippen LogP contribution is -2.20. The van der Waals surface area contributed by atoms with Crippen molar-refractivity contribution in [1.29, 1.82) is 0 Å². The molecule has 0 bridgehead atoms. The van der Waals surface area contributed by atoms with Gasteiger partial charge in [0.1, 0.15) is 0 Å². The number of ketones is 1. The summed E-state index contributed by atoms with van der Waals surface area (Å²) in [5.41, 5.74) is 4.35. The molecule has 2 aromatic rings. The molecular weight excluding hydrogens is 352 g/mol. The maximum Gasteiger partial charge on any atom is 0.328 e. The van der Waals surface area contributed by atoms with Crippen LogP contribution in [-0.2, 0) is 9.59 Å². The summed E-state index contributed by atoms with van der Waals surface area (Å²) < 4.78 is 0. The molecule has 0 atom stereocenters. The van der Waals surface area contributed by atoms with Crippen LogP contribution in [0.25, 0.3) is 18.2 Å². The summed E-state index contributed by atoms with van der Waals surface area (Å²) in [7, 11) is 0. The van der Waals surface area contributed by atoms with Gasteiger partial charge in [0.25, 0.3) is 0 Å². The van der Waals surface area contributed by atoms with Gasteiger partial charge in [0.2, 0.25) is 0 Å². The highest BCUT2D eigenvalue weighted by Crippen LogP contribution is 2.19. The van der Waals surface area contributed by atoms with E-state index in [0.717, 1.165) is 34.2 Å². The second-order valence-electron chi connectivity index (χ2n) is 6.30. The summed E-state index contributed by atoms with van der Waals surface area (Å²) in [6, 6.07) is 11.5. The molecule has 2 heterocycles. The Morgan fingerprint density at radius 2 is 1.75 bits per heavy atom. The predicted molar refractivity (Wildman–Crippen MR) is 112 cm³/mol. The molecular formula is C23H20N2O3. The van der Waals surface area contributed by atoms with Gasteiger partial charge >= 0.3 is 5.97 Å². The van der Waals surface area contributed by atoms with E-state index in [4.69, 9.17) is 5.11 Å². The van der Waals surface area contributed by atoms with Crippen LogP contribution in [0.1, 0.15) is 23.7 Å². The Balaban J connectivity index is 1.62. The lowest BCUT2D eigenvalue weighted by molar-refractivity contribution is -0.131. The maximum absolute atomic E-state index is 11.4. The fourth-order valence-corrected chi connectivity index (χ4v) is 2.68. The van der Waals surface area contributed by atoms with E-state index in [0.29, 0.717) is 6.54 Å². The lowest BCUT2D eigenvalue weighted by atomic mass is 10.1. The molecule has 28 heavy (non-hydrogen) atoms. The summed E-state index contributed by atoms with van der Waals surface area (Å²) in [6.07, 6.45) is 14.0. The fraction of sp³-hybridized carbons (Fsp3) is 0.0870. The average molecular weight is 372 g/mol. The fourth-order valence-electron chi connectivity index (χ4n) is 2.68. The molecule has 1 aromatic carbocycles. The first-order valence-electron chi connectivity index (χ1n) is 8.82. The van der Waals surface area contributed by atoms with Gasteiger partial charge < -0.3 is 10.0 Å². The molecule has 5 nitrogen and oxygen atoms in total. The number of nitrogens with zero attached hydrogens (tertiary/aromatic N) is 2. The monoisotopic (exact) mass is 372 g/mol. The van der Waals surface area contributed by atoms with Crippen LogP contribution in [0.5, 0.6) is 0 Å². The molecule has 0 unspecified atom stereocenters. The van der Waals surface area contributed by atoms with Gasteiger partial charge in [-0.2, -0.15) is 0 Å². The Labute approximate surface area is 163 Å². The Morgan fingerprint density at radius 1 is 1.04 bits per heavy atom. The van der Waals surface area contributed by atoms with Crippen LogP contribution in [0.2, 0.25) is 0 Å². The molecule has 0 radical (unpaired) electrons. The molecule has 0 saturated carbocycles. The van der Waals surface area contributed by atoms with Gasteiger partial charge in [-0.05, 0) is 48.4 Å². The van der Waals surface area contributed by atoms with E-state index in [-0.39, 0.29) is 5.78 Å². The molecule has 0 aliphatic carbocycles. The summed E-state index contributed by atoms with van der Waals surface area (Å²) >= 11 is 0. The molecule has 1 N–H and O–H groups in total. The third-order valence-corrected chi connectivity index (χ3v) is 4.25. The number of aromatic nitrogens is 1. The van der Waals surface area contributed by atoms with Crippen LogP contribution in [0.3, 0.4) is 0 Å². The molecule has 3 rings (SSSR count). The SMILES string of the molecule is CC(=O)C1=CCN(c2ccc(C=Cc3ccc(C=CC(=O)O)cc3)nc2)C=C1. The normalized spacial score (nSPS) is 13.9. The van der Waals surface area contributed by atoms with Crippen molar-refractivity contribution >= 4 is 35.7 Å². The van der Waals surface area contributed by atoms with Gasteiger partial charge in [0.15, 0.2) is 5.78 Å². The van der Waals surface area contributed by atoms with Crippen molar-refractivity contribution in [3.05, 3.63) is 89.4 Å². The van der Waals surface area contributed by atoms with Crippen molar-refractivity contribution in [3.8, 4) is 0 Å². The number of allylic oxidation sites excluding steroid dienone is 2. The Hall–Kier alpha value is -3.73. The van der Waals surface area contributed by atoms with Gasteiger partial charge in [0.05, 0.1) is 17.6 Å². The number of carboxylic acids is 1. The van der Waals surface area contributed by atoms with Gasteiger partial charge in [-0.3, -0.25) is 9.78 Å². The highest BCUT2D eigenvalue weighted by atomic mass is 16.4. The summed E-state index contributed by atoms with van der Waals surface area (Å²) in [6.45, 7) is 2.21. The molecule has 140 valence electrons. The minimum absolute atomic E-state index is 0.0699. The third kappa shape index (κ3) is 5.14. The van der Waals surface area contributed by atoms with E-state index < -0.39 is 5.97 Å². The molecule has 0 amide bonds. The first kappa shape index (κ1) is 19.0. The summed E-state index contributed by atoms with van der Waals surface area (Å²) in [4.78, 5) is 28.4. The molecule has 0 fully saturated rings. The minimum Gasteiger partial charge on any atom is -0.478 e. The molecule has 5 heteroatoms. The first-order valence-corrected chi connectivity index (χ1v) is 8.82. The van der Waals surface area contributed by atoms with E-state index >= 15 is 0 Å². The van der Waals surface area contributed by atoms with E-state index in [9.17, 15) is 9.59 Å². The molecule has 0 saturated heterocycles. The van der Waals surface area contributed by atoms with Crippen LogP contribution in [0, 0.1) is 0 Å². The zero-order chi connectivity index (χ0) is 19.9. The van der Waals surface area contributed by atoms with E-state index in [2.05, 4.69) is 4.98 Å². The van der Waals surface area contributed by atoms with Crippen molar-refractivity contribution in [3.63, 3.8) is 0 Å². The van der Waals surface area contributed by atoms with E-state index in [1.54, 1.807) is 19.2 Å². The van der Waals surface area contributed by atoms with Crippen LogP contribution in [0.15, 0.2) is 72.6 Å². The number of hydrogen-bond donors (Lipinski definition) is 1. The van der Waals surface area contributed by atoms with Crippen LogP contribution in [0.4, 0.5) is 5.69 Å². The van der Waals surface area contributed by atoms with Gasteiger partial charge in [-0.15, -0.1) is 0 Å². The number of rotatable bonds is 6. The Morgan fingerprint density at radius 3 is 2.29 bits per heavy atom. The number of aliphatic carboxylic acids is 1. The largest absolute Gasteiger partial charge is 0.478 e. The van der Waals surface area contributed by atoms with Crippen LogP contribution in [-0.4, -0.2) is 28.4 Å². The number of hydrogen-bond acceptors (Lipinski definition) is 4. The van der Waals surface area contributed by atoms with E-state index in [1.807, 2.05) is 71.8 Å². The van der Waals surface area contributed by atoms with Gasteiger partial charge in [-0.25, -0.2) is 4.79 Å². The summed E-state index contributed by atoms with van der Waals surface area (Å²) in [5, 5.41) is 8.65. The minimum atomic E-state index is -0.964. The highest BCUT2D eigenvalue weighted by molar-refractivity contribution is 5.96. The van der Waals surface area contributed by atoms with Gasteiger partial charge in [-0.1, -0.05) is 36.4 Å². The Kier molecular flexibility index (Phi) is 5.97. The third-order valence-electron chi connectivity index (χ3n) is 4.25. The highest BCUT2D eigenvalue weighted by Gasteiger charge is 2.09. The molecule has 0 spiro atoms. The number of benzene rings is 1. The number of carbonyl (C=O) groups excluding carboxylic acids is 1. The molecule has 1 aromatic heterocycles. The standard InChI is InChI=1S/C23H20N2O3/c1-17(26)20-12-14-25(15-13-20)22-10-9-21(24-16-22)8-6-18-2-4-19(5-3-18)7-11-23(27)28/h2-14,16H,15H2,1H3,(H,27,28). The maximum atomic E-state index is 11.4. The average Bonchev–Trinajstić information content (AvgIpc) is 2.72. The van der Waals surface area contributed by atoms with Crippen molar-refractivity contribution < 1.29 is 14.7 Å². The predicted octanol–water partition coefficient (Wildman–Crippen LogP) is 4.20. The summed E-state index contributed by atoms with van der Waals surface area (Å²) in [5.74, 6) is -0.894. The first-order chi connectivity index (χ1) is 13.5. The molecule has 1 aliphatic rings. The zero-order valence-corrected chi connectivity index (χ0v) is 15.4. The zero-order valence-electron chi connectivity index (χ0n) is 15.4. The van der Waals surface area contributed by atoms with Crippen LogP contribution < -0.4 is 4.90 Å². The number of Topliss-reactive ketones (excluding diaryl/α,β-unsaturated/α-hetero) is 1. The van der Waals surface area contributed by atoms with Crippen molar-refractivity contribution in [1.82, 2.24) is 4.98 Å². The Bertz CT molecular complexity index is 982. The van der Waals surface area contributed by atoms with Gasteiger partial charge in [0, 0.05) is 24.4 Å². The van der Waals surface area contributed by atoms with Crippen molar-refractivity contribution in [2.45, 2.75) is 6.92 Å². The number of anilines is 1. The van der Waals surface area contributed by atoms with Crippen molar-refractivity contribution in [2.24, 2.45) is 0 Å². The molecule has 1 aliphatic heterocycles. The topological polar surface area (TPSA) is 70.5 Å². The second kappa shape index (κ2) is 8.77. The quantitative estimate of drug-likeness (QED) is 0.770. The smallest absolute Gasteiger partial charge is 0.328 e. The second-order valence-corrected chi connectivity index (χ2v) is 6.30. The number of carboxylic acid groups (broad SMARTS) is 1. The van der Waals surface area contributed by atoms with Crippen LogP contribution >= 0.6 is 0 Å². The number of carbonyl (C=O) groups is 2.